The summed E-state index contributed by atoms with van der Waals surface area (Å²) in [5.41, 5.74) is 7.51. The summed E-state index contributed by atoms with van der Waals surface area (Å²) in [6.07, 6.45) is 12.0. The number of hydrogen-bond donors (Lipinski definition) is 0. The molecule has 2 saturated carbocycles. The van der Waals surface area contributed by atoms with Crippen molar-refractivity contribution in [3.63, 3.8) is 0 Å². The lowest BCUT2D eigenvalue weighted by atomic mass is 9.61. The van der Waals surface area contributed by atoms with Gasteiger partial charge in [-0.1, -0.05) is 101 Å². The zero-order chi connectivity index (χ0) is 31.5. The van der Waals surface area contributed by atoms with Crippen molar-refractivity contribution in [2.45, 2.75) is 118 Å². The van der Waals surface area contributed by atoms with E-state index in [2.05, 4.69) is 102 Å². The van der Waals surface area contributed by atoms with Gasteiger partial charge < -0.3 is 0 Å². The van der Waals surface area contributed by atoms with Crippen LogP contribution in [0.3, 0.4) is 0 Å². The molecule has 41 heavy (non-hydrogen) atoms. The van der Waals surface area contributed by atoms with Crippen LogP contribution in [0.1, 0.15) is 126 Å². The first-order valence-corrected chi connectivity index (χ1v) is 15.2. The second-order valence-electron chi connectivity index (χ2n) is 13.5. The Kier molecular flexibility index (Phi) is 13.8. The molecule has 0 aromatic heterocycles. The molecule has 0 bridgehead atoms. The van der Waals surface area contributed by atoms with Gasteiger partial charge in [0, 0.05) is 20.9 Å². The van der Waals surface area contributed by atoms with Crippen molar-refractivity contribution < 1.29 is 24.0 Å². The Hall–Kier alpha value is -2.65. The van der Waals surface area contributed by atoms with Gasteiger partial charge >= 0.3 is 12.3 Å². The van der Waals surface area contributed by atoms with E-state index in [4.69, 9.17) is 19.2 Å². The van der Waals surface area contributed by atoms with Crippen LogP contribution in [0.25, 0.3) is 0 Å². The standard InChI is InChI=1S/C17H24O.C16H23Br.2CO2/c1-13-9-14(12-18)11-15(10-13)17(16(2,3)4)7-5-6-8-17;1-12-9-13(11-14(17)10-12)16(15(2,3)4)7-5-6-8-16;2*2-1-3/h9-12H,5-8H2,1-4H3;9-11H,5-8H2,1-4H3;;. The van der Waals surface area contributed by atoms with Crippen molar-refractivity contribution in [2.24, 2.45) is 10.8 Å². The highest BCUT2D eigenvalue weighted by molar-refractivity contribution is 9.10. The predicted molar refractivity (Wildman–Crippen MR) is 165 cm³/mol. The lowest BCUT2D eigenvalue weighted by Gasteiger charge is -2.43. The fourth-order valence-electron chi connectivity index (χ4n) is 7.07. The number of hydrogen-bond acceptors (Lipinski definition) is 5. The van der Waals surface area contributed by atoms with Gasteiger partial charge in [-0.2, -0.15) is 19.2 Å². The molecule has 2 aliphatic rings. The van der Waals surface area contributed by atoms with Crippen LogP contribution < -0.4 is 0 Å². The minimum atomic E-state index is 0.247. The van der Waals surface area contributed by atoms with Crippen LogP contribution in [0.5, 0.6) is 0 Å². The molecule has 2 aromatic carbocycles. The third-order valence-corrected chi connectivity index (χ3v) is 9.63. The van der Waals surface area contributed by atoms with E-state index in [-0.39, 0.29) is 23.1 Å². The zero-order valence-corrected chi connectivity index (χ0v) is 27.7. The molecule has 0 spiro atoms. The Bertz CT molecular complexity index is 1180. The summed E-state index contributed by atoms with van der Waals surface area (Å²) in [6, 6.07) is 13.3. The molecule has 0 atom stereocenters. The van der Waals surface area contributed by atoms with E-state index in [9.17, 15) is 4.79 Å². The van der Waals surface area contributed by atoms with Crippen LogP contribution in [0, 0.1) is 24.7 Å². The number of halogens is 1. The molecule has 2 aliphatic carbocycles. The first kappa shape index (κ1) is 36.4. The quantitative estimate of drug-likeness (QED) is 0.317. The van der Waals surface area contributed by atoms with E-state index in [1.54, 1.807) is 0 Å². The van der Waals surface area contributed by atoms with Crippen molar-refractivity contribution in [1.82, 2.24) is 0 Å². The molecule has 0 heterocycles. The average Bonchev–Trinajstić information content (AvgIpc) is 3.56. The summed E-state index contributed by atoms with van der Waals surface area (Å²) in [6.45, 7) is 18.5. The largest absolute Gasteiger partial charge is 0.373 e. The van der Waals surface area contributed by atoms with Crippen molar-refractivity contribution in [1.29, 1.82) is 0 Å². The highest BCUT2D eigenvalue weighted by Gasteiger charge is 2.46. The summed E-state index contributed by atoms with van der Waals surface area (Å²) < 4.78 is 1.23. The molecule has 0 unspecified atom stereocenters. The van der Waals surface area contributed by atoms with E-state index in [1.807, 2.05) is 6.07 Å². The van der Waals surface area contributed by atoms with Crippen LogP contribution in [0.4, 0.5) is 0 Å². The molecule has 0 radical (unpaired) electrons. The molecule has 2 aromatic rings. The molecular formula is C35H47BrO5. The molecule has 0 amide bonds. The molecule has 0 aliphatic heterocycles. The van der Waals surface area contributed by atoms with Gasteiger partial charge in [0.25, 0.3) is 0 Å². The highest BCUT2D eigenvalue weighted by atomic mass is 79.9. The number of aryl methyl sites for hydroxylation is 2. The number of rotatable bonds is 3. The van der Waals surface area contributed by atoms with Crippen LogP contribution in [0.2, 0.25) is 0 Å². The SMILES string of the molecule is Cc1cc(Br)cc(C2(C(C)(C)C)CCCC2)c1.Cc1cc(C=O)cc(C2(C(C)(C)C)CCCC2)c1.O=C=O.O=C=O. The second kappa shape index (κ2) is 15.5. The molecule has 0 saturated heterocycles. The number of carbonyl (C=O) groups is 1. The smallest absolute Gasteiger partial charge is 0.298 e. The normalized spacial score (nSPS) is 16.8. The maximum absolute atomic E-state index is 11.1. The minimum absolute atomic E-state index is 0.247. The van der Waals surface area contributed by atoms with Gasteiger partial charge in [0.15, 0.2) is 0 Å². The van der Waals surface area contributed by atoms with Gasteiger partial charge in [-0.05, 0) is 91.3 Å². The fourth-order valence-corrected chi connectivity index (χ4v) is 7.68. The maximum atomic E-state index is 11.1. The predicted octanol–water partition coefficient (Wildman–Crippen LogP) is 9.11. The fraction of sp³-hybridized carbons (Fsp3) is 0.571. The van der Waals surface area contributed by atoms with Crippen molar-refractivity contribution in [3.05, 3.63) is 68.7 Å². The number of aldehydes is 1. The van der Waals surface area contributed by atoms with Crippen molar-refractivity contribution in [3.8, 4) is 0 Å². The Labute approximate surface area is 255 Å². The monoisotopic (exact) mass is 626 g/mol. The molecule has 6 heteroatoms. The van der Waals surface area contributed by atoms with Gasteiger partial charge in [0.05, 0.1) is 0 Å². The zero-order valence-electron chi connectivity index (χ0n) is 26.1. The lowest BCUT2D eigenvalue weighted by Crippen LogP contribution is -2.37. The molecule has 4 rings (SSSR count). The summed E-state index contributed by atoms with van der Waals surface area (Å²) in [7, 11) is 0. The molecule has 224 valence electrons. The van der Waals surface area contributed by atoms with E-state index in [1.165, 1.54) is 78.1 Å². The third-order valence-electron chi connectivity index (χ3n) is 9.17. The van der Waals surface area contributed by atoms with Crippen molar-refractivity contribution >= 4 is 34.5 Å². The molecule has 5 nitrogen and oxygen atoms in total. The van der Waals surface area contributed by atoms with E-state index >= 15 is 0 Å². The van der Waals surface area contributed by atoms with Crippen molar-refractivity contribution in [2.75, 3.05) is 0 Å². The van der Waals surface area contributed by atoms with Gasteiger partial charge in [0.2, 0.25) is 0 Å². The Morgan fingerprint density at radius 1 is 0.634 bits per heavy atom. The lowest BCUT2D eigenvalue weighted by molar-refractivity contribution is -0.193. The highest BCUT2D eigenvalue weighted by Crippen LogP contribution is 2.54. The topological polar surface area (TPSA) is 85.3 Å². The molecular weight excluding hydrogens is 580 g/mol. The number of benzene rings is 2. The second-order valence-corrected chi connectivity index (χ2v) is 14.4. The summed E-state index contributed by atoms with van der Waals surface area (Å²) in [5, 5.41) is 0. The van der Waals surface area contributed by atoms with Crippen LogP contribution in [0.15, 0.2) is 40.9 Å². The minimum Gasteiger partial charge on any atom is -0.298 e. The summed E-state index contributed by atoms with van der Waals surface area (Å²) >= 11 is 3.65. The Morgan fingerprint density at radius 3 is 1.29 bits per heavy atom. The Morgan fingerprint density at radius 2 is 0.976 bits per heavy atom. The van der Waals surface area contributed by atoms with Gasteiger partial charge in [-0.3, -0.25) is 4.79 Å². The van der Waals surface area contributed by atoms with E-state index in [0.29, 0.717) is 10.8 Å². The van der Waals surface area contributed by atoms with Gasteiger partial charge in [-0.25, -0.2) is 0 Å². The van der Waals surface area contributed by atoms with E-state index < -0.39 is 0 Å². The third kappa shape index (κ3) is 9.17. The first-order chi connectivity index (χ1) is 19.1. The first-order valence-electron chi connectivity index (χ1n) is 14.4. The summed E-state index contributed by atoms with van der Waals surface area (Å²) in [4.78, 5) is 43.6. The van der Waals surface area contributed by atoms with E-state index in [0.717, 1.165) is 11.8 Å². The average molecular weight is 628 g/mol. The van der Waals surface area contributed by atoms with Gasteiger partial charge in [0.1, 0.15) is 6.29 Å². The van der Waals surface area contributed by atoms with Crippen LogP contribution in [-0.4, -0.2) is 18.6 Å². The number of carbonyl (C=O) groups excluding carboxylic acids is 5. The molecule has 2 fully saturated rings. The van der Waals surface area contributed by atoms with Crippen LogP contribution in [-0.2, 0) is 30.0 Å². The Balaban J connectivity index is 0.000000345. The molecule has 0 N–H and O–H groups in total. The summed E-state index contributed by atoms with van der Waals surface area (Å²) in [5.74, 6) is 0. The van der Waals surface area contributed by atoms with Gasteiger partial charge in [-0.15, -0.1) is 0 Å². The van der Waals surface area contributed by atoms with Crippen LogP contribution >= 0.6 is 15.9 Å². The maximum Gasteiger partial charge on any atom is 0.373 e.